The minimum atomic E-state index is -0.152. The number of hydrogen-bond donors (Lipinski definition) is 0. The van der Waals surface area contributed by atoms with Gasteiger partial charge < -0.3 is 4.74 Å². The Balaban J connectivity index is 1.72. The summed E-state index contributed by atoms with van der Waals surface area (Å²) in [4.78, 5) is 25.5. The highest BCUT2D eigenvalue weighted by Gasteiger charge is 2.18. The molecule has 30 heavy (non-hydrogen) atoms. The first-order valence-corrected chi connectivity index (χ1v) is 10.8. The number of nitrogens with zero attached hydrogens (tertiary/aromatic N) is 4. The Hall–Kier alpha value is -2.91. The number of fused-ring (bicyclic) bond motifs is 3. The summed E-state index contributed by atoms with van der Waals surface area (Å²) in [6.45, 7) is 4.04. The summed E-state index contributed by atoms with van der Waals surface area (Å²) in [5.41, 5.74) is 1.11. The molecule has 9 heteroatoms. The molecule has 0 saturated heterocycles. The number of methoxy groups -OCH3 is 1. The Morgan fingerprint density at radius 1 is 1.27 bits per heavy atom. The van der Waals surface area contributed by atoms with Gasteiger partial charge in [-0.1, -0.05) is 30.0 Å². The number of Topliss-reactive ketones (excluding diaryl/α,β-unsaturated/α-hetero) is 1. The van der Waals surface area contributed by atoms with Crippen molar-refractivity contribution in [2.75, 3.05) is 12.9 Å². The molecular weight excluding hydrogens is 468 g/mol. The molecule has 2 aromatic carbocycles. The lowest BCUT2D eigenvalue weighted by Gasteiger charge is -2.09. The number of ketones is 1. The van der Waals surface area contributed by atoms with Crippen LogP contribution in [-0.4, -0.2) is 37.8 Å². The highest BCUT2D eigenvalue weighted by molar-refractivity contribution is 9.10. The van der Waals surface area contributed by atoms with Crippen molar-refractivity contribution in [1.29, 1.82) is 0 Å². The number of carbonyl (C=O) groups excluding carboxylic acids is 1. The van der Waals surface area contributed by atoms with E-state index >= 15 is 0 Å². The topological polar surface area (TPSA) is 78.5 Å². The zero-order chi connectivity index (χ0) is 21.3. The summed E-state index contributed by atoms with van der Waals surface area (Å²) in [6.07, 6.45) is 1.64. The molecule has 0 amide bonds. The lowest BCUT2D eigenvalue weighted by Crippen LogP contribution is -2.22. The maximum atomic E-state index is 12.8. The molecule has 0 atom stereocenters. The molecule has 2 aromatic heterocycles. The maximum absolute atomic E-state index is 12.8. The van der Waals surface area contributed by atoms with Gasteiger partial charge in [0.2, 0.25) is 5.78 Å². The van der Waals surface area contributed by atoms with E-state index in [1.807, 2.05) is 22.6 Å². The molecule has 0 spiro atoms. The number of halogens is 1. The monoisotopic (exact) mass is 484 g/mol. The second-order valence-corrected chi connectivity index (χ2v) is 8.20. The van der Waals surface area contributed by atoms with E-state index in [1.165, 1.54) is 16.3 Å². The third kappa shape index (κ3) is 3.54. The largest absolute Gasteiger partial charge is 0.496 e. The summed E-state index contributed by atoms with van der Waals surface area (Å²) < 4.78 is 9.25. The van der Waals surface area contributed by atoms with Gasteiger partial charge in [-0.25, -0.2) is 0 Å². The van der Waals surface area contributed by atoms with Crippen LogP contribution in [0.5, 0.6) is 5.75 Å². The van der Waals surface area contributed by atoms with E-state index in [0.29, 0.717) is 44.2 Å². The van der Waals surface area contributed by atoms with Crippen molar-refractivity contribution in [3.63, 3.8) is 0 Å². The Bertz CT molecular complexity index is 1350. The predicted octanol–water partition coefficient (Wildman–Crippen LogP) is 3.98. The average molecular weight is 485 g/mol. The number of aromatic nitrogens is 4. The van der Waals surface area contributed by atoms with Crippen LogP contribution in [0.15, 0.2) is 69.5 Å². The first-order chi connectivity index (χ1) is 14.5. The maximum Gasteiger partial charge on any atom is 0.263 e. The molecule has 0 aliphatic rings. The summed E-state index contributed by atoms with van der Waals surface area (Å²) >= 11 is 4.68. The van der Waals surface area contributed by atoms with E-state index in [1.54, 1.807) is 37.5 Å². The van der Waals surface area contributed by atoms with Crippen LogP contribution in [0.2, 0.25) is 0 Å². The van der Waals surface area contributed by atoms with Crippen molar-refractivity contribution < 1.29 is 9.53 Å². The van der Waals surface area contributed by atoms with E-state index < -0.39 is 0 Å². The fraction of sp³-hybridized carbons (Fsp3) is 0.143. The van der Waals surface area contributed by atoms with Crippen LogP contribution in [-0.2, 0) is 6.54 Å². The molecule has 4 rings (SSSR count). The van der Waals surface area contributed by atoms with Crippen LogP contribution in [0, 0.1) is 0 Å². The molecule has 0 aliphatic heterocycles. The van der Waals surface area contributed by atoms with Crippen molar-refractivity contribution in [2.45, 2.75) is 11.7 Å². The fourth-order valence-corrected chi connectivity index (χ4v) is 4.55. The van der Waals surface area contributed by atoms with E-state index in [2.05, 4.69) is 32.7 Å². The number of carbonyl (C=O) groups is 1. The number of para-hydroxylation sites is 1. The fourth-order valence-electron chi connectivity index (χ4n) is 3.17. The molecule has 2 heterocycles. The van der Waals surface area contributed by atoms with Crippen molar-refractivity contribution in [1.82, 2.24) is 19.2 Å². The zero-order valence-electron chi connectivity index (χ0n) is 16.0. The minimum absolute atomic E-state index is 0.0520. The second-order valence-electron chi connectivity index (χ2n) is 6.40. The Morgan fingerprint density at radius 2 is 2.07 bits per heavy atom. The molecule has 0 unspecified atom stereocenters. The molecule has 152 valence electrons. The van der Waals surface area contributed by atoms with E-state index in [0.717, 1.165) is 0 Å². The van der Waals surface area contributed by atoms with Gasteiger partial charge in [0.05, 0.1) is 28.2 Å². The van der Waals surface area contributed by atoms with Crippen LogP contribution in [0.4, 0.5) is 0 Å². The van der Waals surface area contributed by atoms with Crippen LogP contribution in [0.25, 0.3) is 16.7 Å². The Labute approximate surface area is 184 Å². The van der Waals surface area contributed by atoms with Gasteiger partial charge in [0.1, 0.15) is 5.75 Å². The molecule has 0 radical (unpaired) electrons. The van der Waals surface area contributed by atoms with Crippen LogP contribution >= 0.6 is 27.7 Å². The van der Waals surface area contributed by atoms with Crippen LogP contribution in [0.3, 0.4) is 0 Å². The van der Waals surface area contributed by atoms with E-state index in [-0.39, 0.29) is 17.1 Å². The van der Waals surface area contributed by atoms with Crippen molar-refractivity contribution in [2.24, 2.45) is 0 Å². The first-order valence-electron chi connectivity index (χ1n) is 9.02. The number of benzene rings is 2. The molecule has 0 aliphatic carbocycles. The minimum Gasteiger partial charge on any atom is -0.496 e. The van der Waals surface area contributed by atoms with E-state index in [9.17, 15) is 9.59 Å². The molecule has 0 N–H and O–H groups in total. The van der Waals surface area contributed by atoms with Crippen LogP contribution < -0.4 is 10.3 Å². The van der Waals surface area contributed by atoms with Crippen LogP contribution in [0.1, 0.15) is 10.4 Å². The lowest BCUT2D eigenvalue weighted by molar-refractivity contribution is 0.102. The van der Waals surface area contributed by atoms with Gasteiger partial charge in [0.25, 0.3) is 5.56 Å². The van der Waals surface area contributed by atoms with Gasteiger partial charge in [-0.3, -0.25) is 18.6 Å². The van der Waals surface area contributed by atoms with Crippen molar-refractivity contribution in [3.8, 4) is 5.75 Å². The van der Waals surface area contributed by atoms with Gasteiger partial charge in [-0.15, -0.1) is 16.8 Å². The molecule has 0 fully saturated rings. The highest BCUT2D eigenvalue weighted by Crippen LogP contribution is 2.27. The summed E-state index contributed by atoms with van der Waals surface area (Å²) in [6, 6.07) is 12.5. The summed E-state index contributed by atoms with van der Waals surface area (Å²) in [7, 11) is 1.57. The third-order valence-electron chi connectivity index (χ3n) is 4.60. The molecule has 0 bridgehead atoms. The van der Waals surface area contributed by atoms with Gasteiger partial charge in [-0.2, -0.15) is 0 Å². The standard InChI is InChI=1S/C21H17BrN4O3S/c1-3-10-25-19(28)14-6-4-5-7-16(14)26-20(25)23-24-21(26)30-12-17(27)13-8-9-18(29-2)15(22)11-13/h3-9,11H,1,10,12H2,2H3. The Morgan fingerprint density at radius 3 is 2.80 bits per heavy atom. The summed E-state index contributed by atoms with van der Waals surface area (Å²) in [5.74, 6) is 1.20. The highest BCUT2D eigenvalue weighted by atomic mass is 79.9. The zero-order valence-corrected chi connectivity index (χ0v) is 18.4. The average Bonchev–Trinajstić information content (AvgIpc) is 3.19. The molecule has 7 nitrogen and oxygen atoms in total. The number of hydrogen-bond acceptors (Lipinski definition) is 6. The molecule has 4 aromatic rings. The second kappa shape index (κ2) is 8.45. The van der Waals surface area contributed by atoms with Crippen molar-refractivity contribution >= 4 is 50.2 Å². The van der Waals surface area contributed by atoms with Gasteiger partial charge in [0, 0.05) is 12.1 Å². The number of rotatable bonds is 7. The molecule has 0 saturated carbocycles. The quantitative estimate of drug-likeness (QED) is 0.224. The summed E-state index contributed by atoms with van der Waals surface area (Å²) in [5, 5.41) is 9.54. The third-order valence-corrected chi connectivity index (χ3v) is 6.14. The van der Waals surface area contributed by atoms with Gasteiger partial charge in [0.15, 0.2) is 10.9 Å². The normalized spacial score (nSPS) is 11.1. The SMILES string of the molecule is C=CCn1c(=O)c2ccccc2n2c(SCC(=O)c3ccc(OC)c(Br)c3)nnc12. The molecular formula is C21H17BrN4O3S. The number of ether oxygens (including phenoxy) is 1. The van der Waals surface area contributed by atoms with Gasteiger partial charge in [-0.05, 0) is 46.3 Å². The van der Waals surface area contributed by atoms with E-state index in [4.69, 9.17) is 4.74 Å². The number of allylic oxidation sites excluding steroid dienone is 1. The predicted molar refractivity (Wildman–Crippen MR) is 121 cm³/mol. The van der Waals surface area contributed by atoms with Crippen molar-refractivity contribution in [3.05, 3.63) is 75.5 Å². The Kier molecular flexibility index (Phi) is 5.74. The lowest BCUT2D eigenvalue weighted by atomic mass is 10.1. The number of thioether (sulfide) groups is 1. The van der Waals surface area contributed by atoms with Gasteiger partial charge >= 0.3 is 0 Å². The first kappa shape index (κ1) is 20.4. The smallest absolute Gasteiger partial charge is 0.263 e.